The van der Waals surface area contributed by atoms with E-state index in [1.165, 1.54) is 114 Å². The van der Waals surface area contributed by atoms with Crippen molar-refractivity contribution in [2.75, 3.05) is 0 Å². The summed E-state index contributed by atoms with van der Waals surface area (Å²) in [5.74, 6) is -0.0550. The molecule has 1 heterocycles. The van der Waals surface area contributed by atoms with Crippen LogP contribution in [0.2, 0.25) is 0 Å². The Bertz CT molecular complexity index is 3620. The molecule has 2 aliphatic rings. The summed E-state index contributed by atoms with van der Waals surface area (Å²) in [6.07, 6.45) is 1.12. The van der Waals surface area contributed by atoms with Gasteiger partial charge in [-0.2, -0.15) is 0 Å². The van der Waals surface area contributed by atoms with Crippen LogP contribution in [0.4, 0.5) is 0 Å². The lowest BCUT2D eigenvalue weighted by Gasteiger charge is -2.35. The second-order valence-corrected chi connectivity index (χ2v) is 20.9. The fourth-order valence-corrected chi connectivity index (χ4v) is 13.9. The van der Waals surface area contributed by atoms with Crippen LogP contribution in [0, 0.1) is 0 Å². The molecule has 0 radical (unpaired) electrons. The van der Waals surface area contributed by atoms with Crippen LogP contribution < -0.4 is 0 Å². The van der Waals surface area contributed by atoms with Crippen LogP contribution in [0.5, 0.6) is 0 Å². The fourth-order valence-electron chi connectivity index (χ4n) is 12.8. The van der Waals surface area contributed by atoms with Gasteiger partial charge in [-0.1, -0.05) is 198 Å². The van der Waals surface area contributed by atoms with Gasteiger partial charge in [0.05, 0.1) is 5.41 Å². The highest BCUT2D eigenvalue weighted by Crippen LogP contribution is 2.62. The number of fused-ring (bicyclic) bond motifs is 13. The number of rotatable bonds is 5. The van der Waals surface area contributed by atoms with Gasteiger partial charge in [0.25, 0.3) is 0 Å². The molecule has 0 spiro atoms. The molecule has 2 aliphatic carbocycles. The zero-order valence-electron chi connectivity index (χ0n) is 36.7. The third kappa shape index (κ3) is 5.22. The highest BCUT2D eigenvalue weighted by molar-refractivity contribution is 7.25. The zero-order valence-corrected chi connectivity index (χ0v) is 37.6. The SMILES string of the molecule is CC1(C)CC(C)(C)c2cc3c(cc21)-c1c(C(c2ccc4sc5ccccc5c4c2)c2ccc4c5ccccc5c5ccccc5c4c2)cccc1C3(c1ccccc1)c1ccccc1. The summed E-state index contributed by atoms with van der Waals surface area (Å²) in [5.41, 5.74) is 14.6. The number of thiophene rings is 1. The lowest BCUT2D eigenvalue weighted by atomic mass is 9.66. The van der Waals surface area contributed by atoms with E-state index in [1.54, 1.807) is 0 Å². The fraction of sp³-hybridized carbons (Fsp3) is 0.143. The van der Waals surface area contributed by atoms with Gasteiger partial charge >= 0.3 is 0 Å². The van der Waals surface area contributed by atoms with Crippen molar-refractivity contribution < 1.29 is 0 Å². The van der Waals surface area contributed by atoms with E-state index >= 15 is 0 Å². The maximum Gasteiger partial charge on any atom is 0.0713 e. The zero-order chi connectivity index (χ0) is 43.0. The van der Waals surface area contributed by atoms with Gasteiger partial charge < -0.3 is 0 Å². The minimum atomic E-state index is -0.516. The lowest BCUT2D eigenvalue weighted by Crippen LogP contribution is -2.29. The molecule has 0 N–H and O–H groups in total. The molecule has 1 unspecified atom stereocenters. The Balaban J connectivity index is 1.17. The predicted molar refractivity (Wildman–Crippen MR) is 274 cm³/mol. The lowest BCUT2D eigenvalue weighted by molar-refractivity contribution is 0.403. The molecule has 1 atom stereocenters. The van der Waals surface area contributed by atoms with E-state index in [2.05, 4.69) is 228 Å². The second kappa shape index (κ2) is 13.6. The molecule has 0 aliphatic heterocycles. The first-order chi connectivity index (χ1) is 31.2. The summed E-state index contributed by atoms with van der Waals surface area (Å²) >= 11 is 1.89. The molecular weight excluding hydrogens is 789 g/mol. The highest BCUT2D eigenvalue weighted by atomic mass is 32.1. The average Bonchev–Trinajstić information content (AvgIpc) is 3.91. The third-order valence-electron chi connectivity index (χ3n) is 15.2. The largest absolute Gasteiger partial charge is 0.135 e. The number of hydrogen-bond donors (Lipinski definition) is 0. The molecule has 0 amide bonds. The Kier molecular flexibility index (Phi) is 8.02. The first-order valence-corrected chi connectivity index (χ1v) is 23.7. The van der Waals surface area contributed by atoms with Gasteiger partial charge in [-0.3, -0.25) is 0 Å². The van der Waals surface area contributed by atoms with Crippen LogP contribution in [-0.2, 0) is 16.2 Å². The van der Waals surface area contributed by atoms with Gasteiger partial charge in [0.1, 0.15) is 0 Å². The topological polar surface area (TPSA) is 0 Å². The van der Waals surface area contributed by atoms with Crippen molar-refractivity contribution in [3.05, 3.63) is 250 Å². The molecule has 11 aromatic rings. The summed E-state index contributed by atoms with van der Waals surface area (Å²) in [4.78, 5) is 0. The monoisotopic (exact) mass is 836 g/mol. The molecule has 10 aromatic carbocycles. The van der Waals surface area contributed by atoms with Crippen LogP contribution in [0.3, 0.4) is 0 Å². The van der Waals surface area contributed by atoms with E-state index in [1.807, 2.05) is 11.3 Å². The maximum absolute atomic E-state index is 2.65. The predicted octanol–water partition coefficient (Wildman–Crippen LogP) is 17.0. The van der Waals surface area contributed by atoms with E-state index in [9.17, 15) is 0 Å². The highest BCUT2D eigenvalue weighted by Gasteiger charge is 2.51. The number of benzene rings is 10. The van der Waals surface area contributed by atoms with Crippen molar-refractivity contribution in [1.29, 1.82) is 0 Å². The van der Waals surface area contributed by atoms with Crippen molar-refractivity contribution in [3.63, 3.8) is 0 Å². The summed E-state index contributed by atoms with van der Waals surface area (Å²) < 4.78 is 2.66. The Morgan fingerprint density at radius 3 is 1.52 bits per heavy atom. The Labute approximate surface area is 379 Å². The van der Waals surface area contributed by atoms with Crippen LogP contribution in [0.1, 0.15) is 90.1 Å². The molecule has 1 aromatic heterocycles. The summed E-state index contributed by atoms with van der Waals surface area (Å²) in [6.45, 7) is 9.84. The molecule has 13 rings (SSSR count). The van der Waals surface area contributed by atoms with E-state index in [0.29, 0.717) is 0 Å². The van der Waals surface area contributed by atoms with Gasteiger partial charge in [0.15, 0.2) is 0 Å². The average molecular weight is 837 g/mol. The molecule has 0 fully saturated rings. The quantitative estimate of drug-likeness (QED) is 0.120. The Morgan fingerprint density at radius 1 is 0.375 bits per heavy atom. The first-order valence-electron chi connectivity index (χ1n) is 22.9. The molecule has 1 heteroatoms. The Morgan fingerprint density at radius 2 is 0.875 bits per heavy atom. The smallest absolute Gasteiger partial charge is 0.0713 e. The summed E-state index contributed by atoms with van der Waals surface area (Å²) in [7, 11) is 0. The molecule has 0 nitrogen and oxygen atoms in total. The van der Waals surface area contributed by atoms with Gasteiger partial charge in [-0.15, -0.1) is 11.3 Å². The molecule has 0 saturated carbocycles. The number of hydrogen-bond acceptors (Lipinski definition) is 1. The molecule has 0 bridgehead atoms. The van der Waals surface area contributed by atoms with Crippen molar-refractivity contribution in [3.8, 4) is 11.1 Å². The standard InChI is InChI=1S/C63H48S/c1-61(2)38-62(3,4)56-37-54-52(36-55(56)61)60-49(27-17-28-53(60)63(54,41-18-7-5-8-19-41)42-20-9-6-10-21-42)59(40-31-33-58-51(35-40)48-26-15-16-29-57(48)64-58)39-30-32-47-45-24-12-11-22-43(45)44-23-13-14-25-46(44)50(47)34-39/h5-37,59H,38H2,1-4H3. The minimum Gasteiger partial charge on any atom is -0.135 e. The van der Waals surface area contributed by atoms with Gasteiger partial charge in [-0.25, -0.2) is 0 Å². The van der Waals surface area contributed by atoms with Gasteiger partial charge in [0, 0.05) is 26.1 Å². The van der Waals surface area contributed by atoms with Crippen molar-refractivity contribution in [1.82, 2.24) is 0 Å². The van der Waals surface area contributed by atoms with Crippen molar-refractivity contribution in [2.24, 2.45) is 0 Å². The van der Waals surface area contributed by atoms with Gasteiger partial charge in [0.2, 0.25) is 0 Å². The summed E-state index contributed by atoms with van der Waals surface area (Å²) in [6, 6.07) is 76.9. The second-order valence-electron chi connectivity index (χ2n) is 19.8. The molecule has 0 saturated heterocycles. The first kappa shape index (κ1) is 37.7. The van der Waals surface area contributed by atoms with Crippen molar-refractivity contribution >= 4 is 63.8 Å². The summed E-state index contributed by atoms with van der Waals surface area (Å²) in [5, 5.41) is 10.5. The van der Waals surface area contributed by atoms with E-state index in [0.717, 1.165) is 6.42 Å². The van der Waals surface area contributed by atoms with E-state index in [-0.39, 0.29) is 16.7 Å². The van der Waals surface area contributed by atoms with Crippen LogP contribution >= 0.6 is 11.3 Å². The molecule has 64 heavy (non-hydrogen) atoms. The van der Waals surface area contributed by atoms with Crippen molar-refractivity contribution in [2.45, 2.75) is 56.3 Å². The van der Waals surface area contributed by atoms with Crippen LogP contribution in [0.25, 0.3) is 63.6 Å². The van der Waals surface area contributed by atoms with E-state index in [4.69, 9.17) is 0 Å². The van der Waals surface area contributed by atoms with Crippen LogP contribution in [0.15, 0.2) is 200 Å². The van der Waals surface area contributed by atoms with Crippen LogP contribution in [-0.4, -0.2) is 0 Å². The van der Waals surface area contributed by atoms with Gasteiger partial charge in [-0.05, 0) is 141 Å². The molecular formula is C63H48S. The maximum atomic E-state index is 2.65. The third-order valence-corrected chi connectivity index (χ3v) is 16.4. The molecule has 306 valence electrons. The normalized spacial score (nSPS) is 16.1. The van der Waals surface area contributed by atoms with E-state index < -0.39 is 5.41 Å². The minimum absolute atomic E-state index is 0.0420. The Hall–Kier alpha value is -6.80.